The molecule has 0 aliphatic heterocycles. The molecule has 2 rings (SSSR count). The van der Waals surface area contributed by atoms with Gasteiger partial charge in [-0.15, -0.1) is 0 Å². The molecule has 0 spiro atoms. The molecule has 0 aromatic heterocycles. The summed E-state index contributed by atoms with van der Waals surface area (Å²) in [5.41, 5.74) is 1.45. The van der Waals surface area contributed by atoms with Gasteiger partial charge < -0.3 is 19.9 Å². The first-order chi connectivity index (χ1) is 16.2. The van der Waals surface area contributed by atoms with Crippen LogP contribution in [0, 0.1) is 11.3 Å². The number of Topliss-reactive ketones (excluding diaryl/α,β-unsaturated/α-hetero) is 1. The van der Waals surface area contributed by atoms with Gasteiger partial charge in [0, 0.05) is 19.4 Å². The second kappa shape index (κ2) is 11.5. The minimum Gasteiger partial charge on any atom is -0.511 e. The smallest absolute Gasteiger partial charge is 0.407 e. The second-order valence-electron chi connectivity index (χ2n) is 10.9. The molecule has 0 fully saturated rings. The molecule has 2 N–H and O–H groups in total. The number of nitrogens with zero attached hydrogens (tertiary/aromatic N) is 1. The standard InChI is InChI=1S/C27H38N2O6/c1-17(2)24(23-20(30)14-27(6,7)15-21(23)31)29-19-10-8-18(9-11-19)16-34-22(32)12-13-28-25(33)35-26(3,4)5/h8-11,17,30H,12-16H2,1-7H3,(H,28,33). The summed E-state index contributed by atoms with van der Waals surface area (Å²) in [6, 6.07) is 7.15. The van der Waals surface area contributed by atoms with Crippen molar-refractivity contribution >= 4 is 29.2 Å². The third kappa shape index (κ3) is 9.19. The zero-order chi connectivity index (χ0) is 26.4. The van der Waals surface area contributed by atoms with Gasteiger partial charge in [-0.2, -0.15) is 0 Å². The molecule has 192 valence electrons. The Balaban J connectivity index is 1.96. The van der Waals surface area contributed by atoms with E-state index in [0.717, 1.165) is 5.56 Å². The number of ether oxygens (including phenoxy) is 2. The Morgan fingerprint density at radius 2 is 1.77 bits per heavy atom. The van der Waals surface area contributed by atoms with Crippen LogP contribution < -0.4 is 5.32 Å². The minimum absolute atomic E-state index is 0.0306. The zero-order valence-corrected chi connectivity index (χ0v) is 21.9. The molecule has 1 aromatic carbocycles. The first kappa shape index (κ1) is 28.1. The maximum atomic E-state index is 12.8. The molecule has 1 aromatic rings. The summed E-state index contributed by atoms with van der Waals surface area (Å²) in [6.07, 6.45) is 0.264. The third-order valence-corrected chi connectivity index (χ3v) is 5.24. The Labute approximate surface area is 207 Å². The van der Waals surface area contributed by atoms with Crippen LogP contribution in [0.2, 0.25) is 0 Å². The number of aliphatic hydroxyl groups is 1. The van der Waals surface area contributed by atoms with Gasteiger partial charge in [-0.25, -0.2) is 4.79 Å². The fourth-order valence-electron chi connectivity index (χ4n) is 3.68. The second-order valence-corrected chi connectivity index (χ2v) is 10.9. The van der Waals surface area contributed by atoms with Crippen molar-refractivity contribution in [3.05, 3.63) is 41.2 Å². The molecule has 8 heteroatoms. The van der Waals surface area contributed by atoms with E-state index in [2.05, 4.69) is 10.3 Å². The highest BCUT2D eigenvalue weighted by Gasteiger charge is 2.35. The fraction of sp³-hybridized carbons (Fsp3) is 0.556. The highest BCUT2D eigenvalue weighted by molar-refractivity contribution is 6.24. The van der Waals surface area contributed by atoms with E-state index in [1.165, 1.54) is 0 Å². The van der Waals surface area contributed by atoms with E-state index in [4.69, 9.17) is 9.47 Å². The predicted octanol–water partition coefficient (Wildman–Crippen LogP) is 5.57. The normalized spacial score (nSPS) is 16.3. The van der Waals surface area contributed by atoms with Crippen molar-refractivity contribution < 1.29 is 29.0 Å². The Morgan fingerprint density at radius 1 is 1.14 bits per heavy atom. The molecule has 0 radical (unpaired) electrons. The van der Waals surface area contributed by atoms with Crippen molar-refractivity contribution in [2.45, 2.75) is 79.9 Å². The van der Waals surface area contributed by atoms with Gasteiger partial charge in [0.15, 0.2) is 5.78 Å². The van der Waals surface area contributed by atoms with E-state index in [1.807, 2.05) is 27.7 Å². The van der Waals surface area contributed by atoms with Gasteiger partial charge in [-0.05, 0) is 49.8 Å². The maximum Gasteiger partial charge on any atom is 0.407 e. The van der Waals surface area contributed by atoms with Gasteiger partial charge in [0.25, 0.3) is 0 Å². The minimum atomic E-state index is -0.600. The summed E-state index contributed by atoms with van der Waals surface area (Å²) in [4.78, 5) is 41.0. The maximum absolute atomic E-state index is 12.8. The largest absolute Gasteiger partial charge is 0.511 e. The molecule has 1 aliphatic carbocycles. The predicted molar refractivity (Wildman–Crippen MR) is 135 cm³/mol. The molecule has 1 aliphatic rings. The lowest BCUT2D eigenvalue weighted by atomic mass is 9.74. The molecule has 0 saturated carbocycles. The highest BCUT2D eigenvalue weighted by atomic mass is 16.6. The number of esters is 1. The van der Waals surface area contributed by atoms with E-state index in [0.29, 0.717) is 29.8 Å². The number of carbonyl (C=O) groups excluding carboxylic acids is 3. The summed E-state index contributed by atoms with van der Waals surface area (Å²) in [5, 5.41) is 13.1. The van der Waals surface area contributed by atoms with E-state index in [1.54, 1.807) is 45.0 Å². The molecule has 0 atom stereocenters. The number of alkyl carbamates (subject to hydrolysis) is 1. The summed E-state index contributed by atoms with van der Waals surface area (Å²) in [7, 11) is 0. The molecule has 0 unspecified atom stereocenters. The Morgan fingerprint density at radius 3 is 2.31 bits per heavy atom. The van der Waals surface area contributed by atoms with E-state index in [9.17, 15) is 19.5 Å². The molecule has 0 heterocycles. The SMILES string of the molecule is CC(C)C(=Nc1ccc(COC(=O)CCNC(=O)OC(C)(C)C)cc1)C1=C(O)CC(C)(C)CC1=O. The van der Waals surface area contributed by atoms with Crippen LogP contribution >= 0.6 is 0 Å². The van der Waals surface area contributed by atoms with Crippen LogP contribution in [0.1, 0.15) is 73.3 Å². The van der Waals surface area contributed by atoms with Crippen molar-refractivity contribution in [3.63, 3.8) is 0 Å². The van der Waals surface area contributed by atoms with Crippen LogP contribution in [-0.2, 0) is 25.7 Å². The average Bonchev–Trinajstić information content (AvgIpc) is 2.69. The Bertz CT molecular complexity index is 997. The number of nitrogens with one attached hydrogen (secondary N) is 1. The van der Waals surface area contributed by atoms with Crippen molar-refractivity contribution in [3.8, 4) is 0 Å². The fourth-order valence-corrected chi connectivity index (χ4v) is 3.68. The van der Waals surface area contributed by atoms with Gasteiger partial charge in [0.05, 0.1) is 23.4 Å². The Kier molecular flexibility index (Phi) is 9.24. The van der Waals surface area contributed by atoms with Crippen molar-refractivity contribution in [1.29, 1.82) is 0 Å². The third-order valence-electron chi connectivity index (χ3n) is 5.24. The van der Waals surface area contributed by atoms with Crippen LogP contribution in [0.3, 0.4) is 0 Å². The number of allylic oxidation sites excluding steroid dienone is 2. The summed E-state index contributed by atoms with van der Waals surface area (Å²) in [6.45, 7) is 13.3. The van der Waals surface area contributed by atoms with Crippen molar-refractivity contribution in [2.24, 2.45) is 16.3 Å². The number of aliphatic hydroxyl groups excluding tert-OH is 1. The van der Waals surface area contributed by atoms with Crippen LogP contribution in [0.25, 0.3) is 0 Å². The lowest BCUT2D eigenvalue weighted by molar-refractivity contribution is -0.144. The van der Waals surface area contributed by atoms with Crippen LogP contribution in [0.15, 0.2) is 40.6 Å². The molecule has 35 heavy (non-hydrogen) atoms. The van der Waals surface area contributed by atoms with Gasteiger partial charge in [0.2, 0.25) is 0 Å². The first-order valence-electron chi connectivity index (χ1n) is 11.9. The van der Waals surface area contributed by atoms with Gasteiger partial charge in [-0.1, -0.05) is 39.8 Å². The molecule has 8 nitrogen and oxygen atoms in total. The number of hydrogen-bond donors (Lipinski definition) is 2. The van der Waals surface area contributed by atoms with Gasteiger partial charge >= 0.3 is 12.1 Å². The Hall–Kier alpha value is -3.16. The number of aliphatic imine (C=N–C) groups is 1. The van der Waals surface area contributed by atoms with Crippen LogP contribution in [0.5, 0.6) is 0 Å². The summed E-state index contributed by atoms with van der Waals surface area (Å²) >= 11 is 0. The molecule has 1 amide bonds. The van der Waals surface area contributed by atoms with Crippen LogP contribution in [-0.4, -0.2) is 40.8 Å². The number of benzene rings is 1. The van der Waals surface area contributed by atoms with Gasteiger partial charge in [-0.3, -0.25) is 14.6 Å². The monoisotopic (exact) mass is 486 g/mol. The first-order valence-corrected chi connectivity index (χ1v) is 11.9. The summed E-state index contributed by atoms with van der Waals surface area (Å²) in [5.74, 6) is -0.474. The number of amides is 1. The molecule has 0 bridgehead atoms. The van der Waals surface area contributed by atoms with Crippen molar-refractivity contribution in [1.82, 2.24) is 5.32 Å². The van der Waals surface area contributed by atoms with E-state index in [-0.39, 0.29) is 42.4 Å². The number of ketones is 1. The molecular weight excluding hydrogens is 448 g/mol. The van der Waals surface area contributed by atoms with Crippen LogP contribution in [0.4, 0.5) is 10.5 Å². The number of rotatable bonds is 8. The quantitative estimate of drug-likeness (QED) is 0.366. The topological polar surface area (TPSA) is 114 Å². The lowest BCUT2D eigenvalue weighted by Gasteiger charge is -2.30. The number of carbonyl (C=O) groups is 3. The van der Waals surface area contributed by atoms with E-state index < -0.39 is 17.7 Å². The van der Waals surface area contributed by atoms with Crippen molar-refractivity contribution in [2.75, 3.05) is 6.54 Å². The van der Waals surface area contributed by atoms with Gasteiger partial charge in [0.1, 0.15) is 18.0 Å². The summed E-state index contributed by atoms with van der Waals surface area (Å²) < 4.78 is 10.4. The zero-order valence-electron chi connectivity index (χ0n) is 21.9. The lowest BCUT2D eigenvalue weighted by Crippen LogP contribution is -2.33. The molecular formula is C27H38N2O6. The average molecular weight is 487 g/mol. The molecule has 0 saturated heterocycles. The van der Waals surface area contributed by atoms with E-state index >= 15 is 0 Å². The highest BCUT2D eigenvalue weighted by Crippen LogP contribution is 2.37. The number of hydrogen-bond acceptors (Lipinski definition) is 7.